The molecule has 1 atom stereocenters. The Hall–Kier alpha value is -0.260. The molecule has 5 heteroatoms. The molecular formula is C12H15BrN2OS. The zero-order valence-electron chi connectivity index (χ0n) is 9.54. The predicted molar refractivity (Wildman–Crippen MR) is 71.7 cm³/mol. The molecule has 2 heterocycles. The fourth-order valence-corrected chi connectivity index (χ4v) is 3.02. The van der Waals surface area contributed by atoms with E-state index in [9.17, 15) is 0 Å². The van der Waals surface area contributed by atoms with Crippen molar-refractivity contribution in [3.63, 3.8) is 0 Å². The molecule has 0 radical (unpaired) electrons. The fraction of sp³-hybridized carbons (Fsp3) is 0.667. The molecule has 92 valence electrons. The highest BCUT2D eigenvalue weighted by atomic mass is 79.9. The summed E-state index contributed by atoms with van der Waals surface area (Å²) < 4.78 is 7.08. The molecule has 0 aromatic carbocycles. The average Bonchev–Trinajstić information content (AvgIpc) is 3.02. The number of nitrogens with one attached hydrogen (secondary N) is 1. The molecule has 1 aromatic heterocycles. The van der Waals surface area contributed by atoms with Crippen LogP contribution >= 0.6 is 28.1 Å². The maximum atomic E-state index is 5.40. The number of rotatable bonds is 3. The SMILES string of the molecule is S=c1nc(CC2CCOC2)[nH]c(C2CC2)c1Br. The molecule has 0 bridgehead atoms. The fourth-order valence-electron chi connectivity index (χ4n) is 2.29. The summed E-state index contributed by atoms with van der Waals surface area (Å²) in [4.78, 5) is 7.93. The van der Waals surface area contributed by atoms with Gasteiger partial charge in [-0.3, -0.25) is 0 Å². The Morgan fingerprint density at radius 2 is 2.24 bits per heavy atom. The minimum absolute atomic E-state index is 0.598. The van der Waals surface area contributed by atoms with Crippen LogP contribution < -0.4 is 0 Å². The predicted octanol–water partition coefficient (Wildman–Crippen LogP) is 3.36. The molecule has 3 rings (SSSR count). The molecule has 1 aliphatic heterocycles. The largest absolute Gasteiger partial charge is 0.381 e. The van der Waals surface area contributed by atoms with Crippen molar-refractivity contribution in [2.75, 3.05) is 13.2 Å². The van der Waals surface area contributed by atoms with Gasteiger partial charge in [-0.2, -0.15) is 0 Å². The molecule has 0 spiro atoms. The van der Waals surface area contributed by atoms with E-state index < -0.39 is 0 Å². The Morgan fingerprint density at radius 3 is 2.88 bits per heavy atom. The molecule has 1 aromatic rings. The molecule has 0 amide bonds. The van der Waals surface area contributed by atoms with Crippen LogP contribution in [-0.4, -0.2) is 23.2 Å². The molecule has 3 nitrogen and oxygen atoms in total. The number of ether oxygens (including phenoxy) is 1. The van der Waals surface area contributed by atoms with Gasteiger partial charge in [0.25, 0.3) is 0 Å². The monoisotopic (exact) mass is 314 g/mol. The normalized spacial score (nSPS) is 24.2. The third-order valence-electron chi connectivity index (χ3n) is 3.43. The van der Waals surface area contributed by atoms with Gasteiger partial charge in [0.1, 0.15) is 10.5 Å². The van der Waals surface area contributed by atoms with Crippen molar-refractivity contribution in [2.24, 2.45) is 5.92 Å². The van der Waals surface area contributed by atoms with E-state index in [1.54, 1.807) is 0 Å². The van der Waals surface area contributed by atoms with Crippen LogP contribution in [0.25, 0.3) is 0 Å². The van der Waals surface area contributed by atoms with E-state index in [1.165, 1.54) is 18.5 Å². The third kappa shape index (κ3) is 2.61. The van der Waals surface area contributed by atoms with Crippen LogP contribution in [0.3, 0.4) is 0 Å². The van der Waals surface area contributed by atoms with Crippen LogP contribution in [0.2, 0.25) is 0 Å². The summed E-state index contributed by atoms with van der Waals surface area (Å²) >= 11 is 8.85. The minimum Gasteiger partial charge on any atom is -0.381 e. The van der Waals surface area contributed by atoms with Crippen molar-refractivity contribution in [1.82, 2.24) is 9.97 Å². The van der Waals surface area contributed by atoms with Gasteiger partial charge in [0.05, 0.1) is 4.47 Å². The van der Waals surface area contributed by atoms with E-state index >= 15 is 0 Å². The van der Waals surface area contributed by atoms with Crippen molar-refractivity contribution in [2.45, 2.75) is 31.6 Å². The van der Waals surface area contributed by atoms with Gasteiger partial charge >= 0.3 is 0 Å². The molecular weight excluding hydrogens is 300 g/mol. The molecule has 1 N–H and O–H groups in total. The quantitative estimate of drug-likeness (QED) is 0.869. The van der Waals surface area contributed by atoms with Crippen molar-refractivity contribution < 1.29 is 4.74 Å². The maximum absolute atomic E-state index is 5.40. The van der Waals surface area contributed by atoms with Crippen LogP contribution in [-0.2, 0) is 11.2 Å². The first-order valence-electron chi connectivity index (χ1n) is 6.10. The second-order valence-corrected chi connectivity index (χ2v) is 6.10. The Bertz CT molecular complexity index is 478. The Labute approximate surface area is 114 Å². The lowest BCUT2D eigenvalue weighted by Gasteiger charge is -2.10. The van der Waals surface area contributed by atoms with E-state index in [1.807, 2.05) is 0 Å². The number of aromatic nitrogens is 2. The summed E-state index contributed by atoms with van der Waals surface area (Å²) in [6, 6.07) is 0. The van der Waals surface area contributed by atoms with Crippen molar-refractivity contribution in [3.05, 3.63) is 20.6 Å². The van der Waals surface area contributed by atoms with E-state index in [0.717, 1.165) is 36.4 Å². The van der Waals surface area contributed by atoms with Crippen LogP contribution in [0, 0.1) is 10.6 Å². The summed E-state index contributed by atoms with van der Waals surface area (Å²) in [6.45, 7) is 1.74. The summed E-state index contributed by atoms with van der Waals surface area (Å²) in [5.41, 5.74) is 1.25. The minimum atomic E-state index is 0.598. The smallest absolute Gasteiger partial charge is 0.144 e. The molecule has 2 aliphatic rings. The first-order valence-corrected chi connectivity index (χ1v) is 7.30. The van der Waals surface area contributed by atoms with Crippen LogP contribution in [0.1, 0.15) is 36.7 Å². The maximum Gasteiger partial charge on any atom is 0.144 e. The zero-order chi connectivity index (χ0) is 11.8. The van der Waals surface area contributed by atoms with Gasteiger partial charge in [-0.05, 0) is 41.1 Å². The second kappa shape index (κ2) is 4.78. The van der Waals surface area contributed by atoms with E-state index in [2.05, 4.69) is 25.9 Å². The van der Waals surface area contributed by atoms with Crippen molar-refractivity contribution in [1.29, 1.82) is 0 Å². The van der Waals surface area contributed by atoms with Crippen LogP contribution in [0.5, 0.6) is 0 Å². The molecule has 2 fully saturated rings. The Kier molecular flexibility index (Phi) is 3.32. The average molecular weight is 315 g/mol. The lowest BCUT2D eigenvalue weighted by atomic mass is 10.0. The second-order valence-electron chi connectivity index (χ2n) is 4.92. The van der Waals surface area contributed by atoms with Gasteiger partial charge in [-0.15, -0.1) is 0 Å². The van der Waals surface area contributed by atoms with Gasteiger partial charge in [0.15, 0.2) is 0 Å². The van der Waals surface area contributed by atoms with Crippen molar-refractivity contribution in [3.8, 4) is 0 Å². The number of aromatic amines is 1. The number of hydrogen-bond acceptors (Lipinski definition) is 3. The summed E-state index contributed by atoms with van der Waals surface area (Å²) in [7, 11) is 0. The zero-order valence-corrected chi connectivity index (χ0v) is 11.9. The first-order chi connectivity index (χ1) is 8.24. The number of H-pyrrole nitrogens is 1. The van der Waals surface area contributed by atoms with Gasteiger partial charge in [0.2, 0.25) is 0 Å². The van der Waals surface area contributed by atoms with Gasteiger partial charge in [0, 0.05) is 31.2 Å². The lowest BCUT2D eigenvalue weighted by molar-refractivity contribution is 0.185. The molecule has 1 unspecified atom stereocenters. The molecule has 17 heavy (non-hydrogen) atoms. The standard InChI is InChI=1S/C12H15BrN2OS/c13-10-11(8-1-2-8)14-9(15-12(10)17)5-7-3-4-16-6-7/h7-8H,1-6H2,(H,14,15,17). The third-order valence-corrected chi connectivity index (χ3v) is 4.79. The van der Waals surface area contributed by atoms with Crippen molar-refractivity contribution >= 4 is 28.1 Å². The molecule has 1 saturated heterocycles. The summed E-state index contributed by atoms with van der Waals surface area (Å²) in [5.74, 6) is 2.28. The highest BCUT2D eigenvalue weighted by molar-refractivity contribution is 9.10. The topological polar surface area (TPSA) is 37.9 Å². The Balaban J connectivity index is 1.86. The highest BCUT2D eigenvalue weighted by Gasteiger charge is 2.28. The summed E-state index contributed by atoms with van der Waals surface area (Å²) in [5, 5.41) is 0. The van der Waals surface area contributed by atoms with Gasteiger partial charge in [-0.1, -0.05) is 12.2 Å². The van der Waals surface area contributed by atoms with Gasteiger partial charge in [-0.25, -0.2) is 4.98 Å². The molecule has 1 aliphatic carbocycles. The lowest BCUT2D eigenvalue weighted by Crippen LogP contribution is -2.09. The number of halogens is 1. The number of hydrogen-bond donors (Lipinski definition) is 1. The Morgan fingerprint density at radius 1 is 1.41 bits per heavy atom. The first kappa shape index (κ1) is 11.8. The number of nitrogens with zero attached hydrogens (tertiary/aromatic N) is 1. The van der Waals surface area contributed by atoms with E-state index in [0.29, 0.717) is 16.5 Å². The van der Waals surface area contributed by atoms with E-state index in [-0.39, 0.29) is 0 Å². The van der Waals surface area contributed by atoms with Crippen LogP contribution in [0.15, 0.2) is 4.47 Å². The van der Waals surface area contributed by atoms with Crippen LogP contribution in [0.4, 0.5) is 0 Å². The highest BCUT2D eigenvalue weighted by Crippen LogP contribution is 2.42. The van der Waals surface area contributed by atoms with Gasteiger partial charge < -0.3 is 9.72 Å². The molecule has 1 saturated carbocycles. The summed E-state index contributed by atoms with van der Waals surface area (Å²) in [6.07, 6.45) is 4.62. The van der Waals surface area contributed by atoms with E-state index in [4.69, 9.17) is 17.0 Å².